The molecule has 0 saturated carbocycles. The summed E-state index contributed by atoms with van der Waals surface area (Å²) < 4.78 is 4.56. The van der Waals surface area contributed by atoms with Crippen molar-refractivity contribution in [2.75, 3.05) is 0 Å². The van der Waals surface area contributed by atoms with Crippen LogP contribution in [-0.4, -0.2) is 24.5 Å². The molecule has 0 bridgehead atoms. The van der Waals surface area contributed by atoms with E-state index in [4.69, 9.17) is 12.2 Å². The summed E-state index contributed by atoms with van der Waals surface area (Å²) in [4.78, 5) is 0. The van der Waals surface area contributed by atoms with Crippen LogP contribution in [-0.2, 0) is 26.4 Å². The van der Waals surface area contributed by atoms with Crippen molar-refractivity contribution < 1.29 is 0 Å². The molecule has 6 heteroatoms. The number of rotatable bonds is 4. The number of H-pyrrole nitrogens is 1. The first-order valence-corrected chi connectivity index (χ1v) is 6.22. The van der Waals surface area contributed by atoms with Gasteiger partial charge in [-0.2, -0.15) is 10.2 Å². The molecule has 1 N–H and O–H groups in total. The molecule has 92 valence electrons. The van der Waals surface area contributed by atoms with E-state index in [0.717, 1.165) is 30.9 Å². The Labute approximate surface area is 105 Å². The van der Waals surface area contributed by atoms with Crippen LogP contribution in [0.15, 0.2) is 6.20 Å². The lowest BCUT2D eigenvalue weighted by molar-refractivity contribution is 0.718. The first-order chi connectivity index (χ1) is 8.15. The molecule has 0 aliphatic heterocycles. The fourth-order valence-corrected chi connectivity index (χ4v) is 2.18. The van der Waals surface area contributed by atoms with Crippen molar-refractivity contribution in [1.29, 1.82) is 0 Å². The number of hydrogen-bond donors (Lipinski definition) is 1. The van der Waals surface area contributed by atoms with Gasteiger partial charge in [-0.25, -0.2) is 0 Å². The molecule has 0 amide bonds. The third kappa shape index (κ3) is 2.31. The maximum absolute atomic E-state index is 5.24. The Morgan fingerprint density at radius 3 is 2.76 bits per heavy atom. The fourth-order valence-electron chi connectivity index (χ4n) is 1.97. The van der Waals surface area contributed by atoms with Gasteiger partial charge >= 0.3 is 0 Å². The van der Waals surface area contributed by atoms with E-state index in [2.05, 4.69) is 29.1 Å². The second-order valence-electron chi connectivity index (χ2n) is 4.01. The van der Waals surface area contributed by atoms with Gasteiger partial charge in [-0.3, -0.25) is 14.3 Å². The summed E-state index contributed by atoms with van der Waals surface area (Å²) in [6.45, 7) is 4.93. The molecule has 0 fully saturated rings. The minimum Gasteiger partial charge on any atom is -0.300 e. The highest BCUT2D eigenvalue weighted by Gasteiger charge is 2.10. The molecule has 0 aliphatic carbocycles. The molecule has 5 nitrogen and oxygen atoms in total. The van der Waals surface area contributed by atoms with Crippen molar-refractivity contribution in [2.45, 2.75) is 33.2 Å². The van der Waals surface area contributed by atoms with E-state index in [1.807, 2.05) is 22.5 Å². The molecule has 0 spiro atoms. The molecule has 2 aromatic heterocycles. The van der Waals surface area contributed by atoms with E-state index in [-0.39, 0.29) is 0 Å². The van der Waals surface area contributed by atoms with Gasteiger partial charge in [0.1, 0.15) is 5.82 Å². The lowest BCUT2D eigenvalue weighted by Crippen LogP contribution is -2.05. The van der Waals surface area contributed by atoms with Crippen LogP contribution in [0.4, 0.5) is 0 Å². The average molecular weight is 251 g/mol. The average Bonchev–Trinajstić information content (AvgIpc) is 2.84. The zero-order valence-corrected chi connectivity index (χ0v) is 11.2. The van der Waals surface area contributed by atoms with Crippen molar-refractivity contribution in [2.24, 2.45) is 7.05 Å². The highest BCUT2D eigenvalue weighted by Crippen LogP contribution is 2.11. The van der Waals surface area contributed by atoms with Crippen LogP contribution in [0.2, 0.25) is 0 Å². The SMILES string of the molecule is CCc1nn(C)cc1Cn1c(CC)n[nH]c1=S. The Morgan fingerprint density at radius 1 is 1.35 bits per heavy atom. The summed E-state index contributed by atoms with van der Waals surface area (Å²) in [6, 6.07) is 0. The molecule has 0 radical (unpaired) electrons. The molecule has 0 atom stereocenters. The number of aromatic nitrogens is 5. The van der Waals surface area contributed by atoms with Gasteiger partial charge in [0.2, 0.25) is 0 Å². The summed E-state index contributed by atoms with van der Waals surface area (Å²) in [5.41, 5.74) is 2.33. The van der Waals surface area contributed by atoms with Gasteiger partial charge in [0.25, 0.3) is 0 Å². The molecular weight excluding hydrogens is 234 g/mol. The molecule has 2 rings (SSSR count). The number of aryl methyl sites for hydroxylation is 3. The van der Waals surface area contributed by atoms with Crippen molar-refractivity contribution in [3.63, 3.8) is 0 Å². The predicted octanol–water partition coefficient (Wildman–Crippen LogP) is 1.85. The third-order valence-electron chi connectivity index (χ3n) is 2.81. The predicted molar refractivity (Wildman–Crippen MR) is 68.5 cm³/mol. The Balaban J connectivity index is 2.37. The fraction of sp³-hybridized carbons (Fsp3) is 0.545. The van der Waals surface area contributed by atoms with Gasteiger partial charge in [-0.1, -0.05) is 13.8 Å². The topological polar surface area (TPSA) is 51.4 Å². The molecule has 17 heavy (non-hydrogen) atoms. The Kier molecular flexibility index (Phi) is 3.42. The number of aromatic amines is 1. The van der Waals surface area contributed by atoms with Crippen LogP contribution in [0.1, 0.15) is 30.9 Å². The number of hydrogen-bond acceptors (Lipinski definition) is 3. The van der Waals surface area contributed by atoms with Crippen LogP contribution in [0.5, 0.6) is 0 Å². The van der Waals surface area contributed by atoms with Gasteiger partial charge in [0.05, 0.1) is 12.2 Å². The van der Waals surface area contributed by atoms with Crippen molar-refractivity contribution in [3.8, 4) is 0 Å². The number of nitrogens with one attached hydrogen (secondary N) is 1. The van der Waals surface area contributed by atoms with Crippen LogP contribution < -0.4 is 0 Å². The molecule has 0 unspecified atom stereocenters. The van der Waals surface area contributed by atoms with Crippen molar-refractivity contribution in [3.05, 3.63) is 28.0 Å². The Morgan fingerprint density at radius 2 is 2.12 bits per heavy atom. The summed E-state index contributed by atoms with van der Waals surface area (Å²) in [5.74, 6) is 0.987. The summed E-state index contributed by atoms with van der Waals surface area (Å²) in [7, 11) is 1.94. The van der Waals surface area contributed by atoms with Crippen molar-refractivity contribution >= 4 is 12.2 Å². The largest absolute Gasteiger partial charge is 0.300 e. The summed E-state index contributed by atoms with van der Waals surface area (Å²) in [6.07, 6.45) is 3.85. The van der Waals surface area contributed by atoms with Gasteiger partial charge in [-0.05, 0) is 18.6 Å². The maximum Gasteiger partial charge on any atom is 0.195 e. The van der Waals surface area contributed by atoms with Gasteiger partial charge < -0.3 is 0 Å². The molecular formula is C11H17N5S. The van der Waals surface area contributed by atoms with E-state index in [0.29, 0.717) is 4.77 Å². The smallest absolute Gasteiger partial charge is 0.195 e. The van der Waals surface area contributed by atoms with E-state index in [1.165, 1.54) is 5.56 Å². The number of nitrogens with zero attached hydrogens (tertiary/aromatic N) is 4. The highest BCUT2D eigenvalue weighted by atomic mass is 32.1. The van der Waals surface area contributed by atoms with Crippen LogP contribution in [0.25, 0.3) is 0 Å². The lowest BCUT2D eigenvalue weighted by atomic mass is 10.2. The van der Waals surface area contributed by atoms with Crippen LogP contribution in [0, 0.1) is 4.77 Å². The second-order valence-corrected chi connectivity index (χ2v) is 4.40. The maximum atomic E-state index is 5.24. The minimum absolute atomic E-state index is 0.674. The highest BCUT2D eigenvalue weighted by molar-refractivity contribution is 7.71. The first kappa shape index (κ1) is 12.0. The standard InChI is InChI=1S/C11H17N5S/c1-4-9-8(6-15(3)14-9)7-16-10(5-2)12-13-11(16)17/h6H,4-5,7H2,1-3H3,(H,13,17). The second kappa shape index (κ2) is 4.83. The minimum atomic E-state index is 0.674. The molecule has 0 saturated heterocycles. The Bertz CT molecular complexity index is 563. The monoisotopic (exact) mass is 251 g/mol. The zero-order chi connectivity index (χ0) is 12.4. The van der Waals surface area contributed by atoms with E-state index < -0.39 is 0 Å². The molecule has 2 heterocycles. The molecule has 0 aliphatic rings. The van der Waals surface area contributed by atoms with Gasteiger partial charge in [0.15, 0.2) is 4.77 Å². The summed E-state index contributed by atoms with van der Waals surface area (Å²) in [5, 5.41) is 11.5. The third-order valence-corrected chi connectivity index (χ3v) is 3.12. The van der Waals surface area contributed by atoms with E-state index in [9.17, 15) is 0 Å². The van der Waals surface area contributed by atoms with Gasteiger partial charge in [-0.15, -0.1) is 0 Å². The van der Waals surface area contributed by atoms with Crippen LogP contribution in [0.3, 0.4) is 0 Å². The van der Waals surface area contributed by atoms with Crippen molar-refractivity contribution in [1.82, 2.24) is 24.5 Å². The lowest BCUT2D eigenvalue weighted by Gasteiger charge is -2.04. The zero-order valence-electron chi connectivity index (χ0n) is 10.4. The quantitative estimate of drug-likeness (QED) is 0.844. The normalized spacial score (nSPS) is 11.0. The molecule has 0 aromatic carbocycles. The summed E-state index contributed by atoms with van der Waals surface area (Å²) >= 11 is 5.24. The Hall–Kier alpha value is -1.43. The molecule has 2 aromatic rings. The van der Waals surface area contributed by atoms with Crippen LogP contribution >= 0.6 is 12.2 Å². The van der Waals surface area contributed by atoms with E-state index >= 15 is 0 Å². The van der Waals surface area contributed by atoms with Gasteiger partial charge in [0, 0.05) is 25.2 Å². The van der Waals surface area contributed by atoms with E-state index in [1.54, 1.807) is 0 Å². The first-order valence-electron chi connectivity index (χ1n) is 5.81.